The standard InChI is InChI=1S/C73H81N/c1-69(2,3)57-40-52(38-53(41-57)54-39-55(43-58(42-54)70(4,5)6)56-44-59(71(7,8)9)46-60(45-56)72(10,11)12)49-31-33-61(34-32-49)74(62-35-36-65-64-28-18-20-29-66(64)73(13,14)67(65)47-62)68-30-21-19-27-63(68)51-26-22-25-50(37-51)48-23-16-15-17-24-48/h18-22,25-48H,15-17,23-24H2,1-14H3. The molecule has 0 saturated heterocycles. The van der Waals surface area contributed by atoms with Crippen LogP contribution >= 0.6 is 0 Å². The van der Waals surface area contributed by atoms with E-state index in [0.29, 0.717) is 5.92 Å². The Morgan fingerprint density at radius 3 is 1.36 bits per heavy atom. The first-order valence-corrected chi connectivity index (χ1v) is 27.8. The molecular weight excluding hydrogens is 891 g/mol. The summed E-state index contributed by atoms with van der Waals surface area (Å²) >= 11 is 0. The summed E-state index contributed by atoms with van der Waals surface area (Å²) in [7, 11) is 0. The minimum atomic E-state index is -0.125. The van der Waals surface area contributed by atoms with Crippen LogP contribution in [0, 0.1) is 0 Å². The van der Waals surface area contributed by atoms with E-state index < -0.39 is 0 Å². The van der Waals surface area contributed by atoms with Crippen LogP contribution in [0.25, 0.3) is 55.6 Å². The van der Waals surface area contributed by atoms with Crippen LogP contribution < -0.4 is 4.90 Å². The highest BCUT2D eigenvalue weighted by Gasteiger charge is 2.36. The van der Waals surface area contributed by atoms with Gasteiger partial charge in [-0.3, -0.25) is 0 Å². The van der Waals surface area contributed by atoms with Crippen LogP contribution in [0.15, 0.2) is 170 Å². The second kappa shape index (κ2) is 19.0. The zero-order valence-corrected chi connectivity index (χ0v) is 47.2. The summed E-state index contributed by atoms with van der Waals surface area (Å²) in [5.41, 5.74) is 25.7. The fourth-order valence-corrected chi connectivity index (χ4v) is 11.8. The van der Waals surface area contributed by atoms with Crippen LogP contribution in [0.5, 0.6) is 0 Å². The van der Waals surface area contributed by atoms with Gasteiger partial charge < -0.3 is 4.90 Å². The van der Waals surface area contributed by atoms with Gasteiger partial charge in [0.1, 0.15) is 0 Å². The molecule has 10 rings (SSSR count). The van der Waals surface area contributed by atoms with Gasteiger partial charge in [0.2, 0.25) is 0 Å². The molecule has 1 fully saturated rings. The highest BCUT2D eigenvalue weighted by Crippen LogP contribution is 2.52. The van der Waals surface area contributed by atoms with Gasteiger partial charge in [0.05, 0.1) is 5.69 Å². The van der Waals surface area contributed by atoms with Gasteiger partial charge in [0.15, 0.2) is 0 Å². The number of benzene rings is 8. The van der Waals surface area contributed by atoms with E-state index in [2.05, 4.69) is 272 Å². The molecule has 8 aromatic rings. The summed E-state index contributed by atoms with van der Waals surface area (Å²) in [6.45, 7) is 32.9. The minimum Gasteiger partial charge on any atom is -0.310 e. The molecule has 0 N–H and O–H groups in total. The van der Waals surface area contributed by atoms with E-state index in [0.717, 1.165) is 5.69 Å². The molecule has 74 heavy (non-hydrogen) atoms. The third-order valence-corrected chi connectivity index (χ3v) is 16.6. The molecule has 2 aliphatic rings. The van der Waals surface area contributed by atoms with Gasteiger partial charge in [-0.15, -0.1) is 0 Å². The maximum atomic E-state index is 2.52. The van der Waals surface area contributed by atoms with Gasteiger partial charge >= 0.3 is 0 Å². The molecule has 0 bridgehead atoms. The van der Waals surface area contributed by atoms with E-state index in [1.807, 2.05) is 0 Å². The minimum absolute atomic E-state index is 0.0249. The molecule has 1 nitrogen and oxygen atoms in total. The molecule has 378 valence electrons. The third kappa shape index (κ3) is 10.1. The number of fused-ring (bicyclic) bond motifs is 3. The second-order valence-corrected chi connectivity index (χ2v) is 26.7. The smallest absolute Gasteiger partial charge is 0.0540 e. The maximum absolute atomic E-state index is 2.52. The van der Waals surface area contributed by atoms with Gasteiger partial charge in [-0.1, -0.05) is 244 Å². The molecule has 0 aliphatic heterocycles. The maximum Gasteiger partial charge on any atom is 0.0540 e. The monoisotopic (exact) mass is 972 g/mol. The molecule has 0 spiro atoms. The molecular formula is C73H81N. The zero-order valence-electron chi connectivity index (χ0n) is 47.2. The fourth-order valence-electron chi connectivity index (χ4n) is 11.8. The number of para-hydroxylation sites is 1. The van der Waals surface area contributed by atoms with Crippen LogP contribution in [-0.2, 0) is 27.1 Å². The molecule has 2 aliphatic carbocycles. The highest BCUT2D eigenvalue weighted by atomic mass is 15.1. The molecule has 0 heterocycles. The van der Waals surface area contributed by atoms with Crippen molar-refractivity contribution in [1.29, 1.82) is 0 Å². The predicted molar refractivity (Wildman–Crippen MR) is 321 cm³/mol. The number of anilines is 3. The molecule has 0 unspecified atom stereocenters. The lowest BCUT2D eigenvalue weighted by atomic mass is 9.77. The first kappa shape index (κ1) is 51.1. The van der Waals surface area contributed by atoms with Crippen molar-refractivity contribution in [1.82, 2.24) is 0 Å². The lowest BCUT2D eigenvalue weighted by Gasteiger charge is -2.30. The fraction of sp³-hybridized carbons (Fsp3) is 0.342. The normalized spacial score (nSPS) is 14.9. The summed E-state index contributed by atoms with van der Waals surface area (Å²) in [5.74, 6) is 0.633. The van der Waals surface area contributed by atoms with Crippen molar-refractivity contribution in [3.63, 3.8) is 0 Å². The van der Waals surface area contributed by atoms with Crippen LogP contribution in [0.2, 0.25) is 0 Å². The largest absolute Gasteiger partial charge is 0.310 e. The average Bonchev–Trinajstić information content (AvgIpc) is 3.60. The van der Waals surface area contributed by atoms with E-state index in [9.17, 15) is 0 Å². The van der Waals surface area contributed by atoms with Crippen molar-refractivity contribution < 1.29 is 0 Å². The first-order chi connectivity index (χ1) is 34.9. The number of rotatable bonds is 8. The quantitative estimate of drug-likeness (QED) is 0.147. The Kier molecular flexibility index (Phi) is 13.1. The van der Waals surface area contributed by atoms with E-state index in [-0.39, 0.29) is 27.1 Å². The van der Waals surface area contributed by atoms with E-state index in [1.54, 1.807) is 0 Å². The average molecular weight is 972 g/mol. The molecule has 0 radical (unpaired) electrons. The Morgan fingerprint density at radius 2 is 0.811 bits per heavy atom. The SMILES string of the molecule is CC(C)(C)c1cc(-c2ccc(N(c3ccc4c(c3)C(C)(C)c3ccccc3-4)c3ccccc3-c3cccc(C4CCCCC4)c3)cc2)cc(-c2cc(-c3cc(C(C)(C)C)cc(C(C)(C)C)c3)cc(C(C)(C)C)c2)c1. The second-order valence-electron chi connectivity index (χ2n) is 26.7. The topological polar surface area (TPSA) is 3.24 Å². The number of hydrogen-bond donors (Lipinski definition) is 0. The van der Waals surface area contributed by atoms with Crippen LogP contribution in [-0.4, -0.2) is 0 Å². The first-order valence-electron chi connectivity index (χ1n) is 27.8. The van der Waals surface area contributed by atoms with Crippen molar-refractivity contribution in [2.75, 3.05) is 4.90 Å². The Morgan fingerprint density at radius 1 is 0.351 bits per heavy atom. The lowest BCUT2D eigenvalue weighted by Crippen LogP contribution is -2.17. The van der Waals surface area contributed by atoms with Gasteiger partial charge in [0, 0.05) is 22.4 Å². The Bertz CT molecular complexity index is 3330. The van der Waals surface area contributed by atoms with Crippen molar-refractivity contribution >= 4 is 17.1 Å². The van der Waals surface area contributed by atoms with E-state index in [1.165, 1.54) is 138 Å². The van der Waals surface area contributed by atoms with Gasteiger partial charge in [-0.05, 0) is 172 Å². The van der Waals surface area contributed by atoms with E-state index >= 15 is 0 Å². The predicted octanol–water partition coefficient (Wildman–Crippen LogP) is 21.4. The van der Waals surface area contributed by atoms with Crippen molar-refractivity contribution in [3.8, 4) is 55.6 Å². The number of hydrogen-bond acceptors (Lipinski definition) is 1. The third-order valence-electron chi connectivity index (χ3n) is 16.6. The summed E-state index contributed by atoms with van der Waals surface area (Å²) in [6.07, 6.45) is 6.58. The van der Waals surface area contributed by atoms with Crippen LogP contribution in [0.3, 0.4) is 0 Å². The summed E-state index contributed by atoms with van der Waals surface area (Å²) in [6, 6.07) is 66.1. The Balaban J connectivity index is 1.11. The van der Waals surface area contributed by atoms with E-state index in [4.69, 9.17) is 0 Å². The van der Waals surface area contributed by atoms with Gasteiger partial charge in [0.25, 0.3) is 0 Å². The van der Waals surface area contributed by atoms with Crippen molar-refractivity contribution in [2.45, 2.75) is 162 Å². The molecule has 0 aromatic heterocycles. The summed E-state index contributed by atoms with van der Waals surface area (Å²) < 4.78 is 0. The van der Waals surface area contributed by atoms with Crippen molar-refractivity contribution in [3.05, 3.63) is 209 Å². The zero-order chi connectivity index (χ0) is 52.5. The molecule has 0 amide bonds. The van der Waals surface area contributed by atoms with Crippen molar-refractivity contribution in [2.24, 2.45) is 0 Å². The lowest BCUT2D eigenvalue weighted by molar-refractivity contribution is 0.444. The molecule has 8 aromatic carbocycles. The highest BCUT2D eigenvalue weighted by molar-refractivity contribution is 5.91. The Labute approximate surface area is 446 Å². The number of nitrogens with zero attached hydrogens (tertiary/aromatic N) is 1. The van der Waals surface area contributed by atoms with Crippen LogP contribution in [0.1, 0.15) is 174 Å². The molecule has 1 saturated carbocycles. The van der Waals surface area contributed by atoms with Crippen LogP contribution in [0.4, 0.5) is 17.1 Å². The van der Waals surface area contributed by atoms with Gasteiger partial charge in [-0.25, -0.2) is 0 Å². The molecule has 0 atom stereocenters. The molecule has 1 heteroatoms. The summed E-state index contributed by atoms with van der Waals surface area (Å²) in [4.78, 5) is 2.52. The summed E-state index contributed by atoms with van der Waals surface area (Å²) in [5, 5.41) is 0. The van der Waals surface area contributed by atoms with Gasteiger partial charge in [-0.2, -0.15) is 0 Å². The Hall–Kier alpha value is -6.44.